The number of benzene rings is 1. The molecule has 7 nitrogen and oxygen atoms in total. The molecule has 0 radical (unpaired) electrons. The minimum atomic E-state index is 0.0464. The molecule has 0 aliphatic carbocycles. The quantitative estimate of drug-likeness (QED) is 0.714. The zero-order valence-corrected chi connectivity index (χ0v) is 17.3. The largest absolute Gasteiger partial charge is 0.356 e. The monoisotopic (exact) mass is 407 g/mol. The number of rotatable bonds is 7. The minimum Gasteiger partial charge on any atom is -0.356 e. The molecule has 1 N–H and O–H groups in total. The van der Waals surface area contributed by atoms with Crippen molar-refractivity contribution in [1.29, 1.82) is 0 Å². The van der Waals surface area contributed by atoms with Crippen LogP contribution in [0.15, 0.2) is 42.7 Å². The fraction of sp³-hybridized carbons (Fsp3) is 0.478. The Labute approximate surface area is 177 Å². The second kappa shape index (κ2) is 9.69. The molecule has 4 rings (SSSR count). The first-order valence-corrected chi connectivity index (χ1v) is 10.9. The Hall–Kier alpha value is -2.96. The Kier molecular flexibility index (Phi) is 6.57. The molecule has 2 aromatic rings. The lowest BCUT2D eigenvalue weighted by molar-refractivity contribution is -0.127. The summed E-state index contributed by atoms with van der Waals surface area (Å²) in [5.41, 5.74) is 1.99. The highest BCUT2D eigenvalue weighted by molar-refractivity contribution is 5.79. The van der Waals surface area contributed by atoms with Crippen LogP contribution in [0.2, 0.25) is 0 Å². The van der Waals surface area contributed by atoms with E-state index in [1.807, 2.05) is 41.3 Å². The van der Waals surface area contributed by atoms with Crippen LogP contribution in [0.25, 0.3) is 11.3 Å². The summed E-state index contributed by atoms with van der Waals surface area (Å²) < 4.78 is 0. The average Bonchev–Trinajstić information content (AvgIpc) is 3.22. The van der Waals surface area contributed by atoms with Gasteiger partial charge in [0, 0.05) is 56.7 Å². The molecule has 0 unspecified atom stereocenters. The highest BCUT2D eigenvalue weighted by atomic mass is 16.2. The first-order valence-electron chi connectivity index (χ1n) is 10.9. The Balaban J connectivity index is 1.23. The lowest BCUT2D eigenvalue weighted by Crippen LogP contribution is -2.41. The summed E-state index contributed by atoms with van der Waals surface area (Å²) in [7, 11) is 0. The highest BCUT2D eigenvalue weighted by Crippen LogP contribution is 2.25. The van der Waals surface area contributed by atoms with Crippen molar-refractivity contribution in [1.82, 2.24) is 20.2 Å². The fourth-order valence-electron chi connectivity index (χ4n) is 4.22. The highest BCUT2D eigenvalue weighted by Gasteiger charge is 2.26. The van der Waals surface area contributed by atoms with Crippen molar-refractivity contribution in [2.45, 2.75) is 32.1 Å². The van der Waals surface area contributed by atoms with E-state index in [1.165, 1.54) is 0 Å². The van der Waals surface area contributed by atoms with E-state index in [0.29, 0.717) is 13.0 Å². The summed E-state index contributed by atoms with van der Waals surface area (Å²) in [6.45, 7) is 3.86. The third-order valence-corrected chi connectivity index (χ3v) is 5.99. The van der Waals surface area contributed by atoms with E-state index in [2.05, 4.69) is 20.2 Å². The van der Waals surface area contributed by atoms with Crippen LogP contribution in [0.1, 0.15) is 32.1 Å². The first-order chi connectivity index (χ1) is 14.7. The van der Waals surface area contributed by atoms with Gasteiger partial charge in [0.2, 0.25) is 11.8 Å². The van der Waals surface area contributed by atoms with Crippen molar-refractivity contribution in [2.75, 3.05) is 37.6 Å². The maximum atomic E-state index is 12.5. The fourth-order valence-corrected chi connectivity index (χ4v) is 4.22. The molecule has 2 saturated heterocycles. The maximum absolute atomic E-state index is 12.5. The van der Waals surface area contributed by atoms with Crippen molar-refractivity contribution >= 4 is 17.6 Å². The van der Waals surface area contributed by atoms with Gasteiger partial charge in [0.1, 0.15) is 12.1 Å². The number of piperidine rings is 1. The molecule has 2 aliphatic heterocycles. The smallest absolute Gasteiger partial charge is 0.223 e. The van der Waals surface area contributed by atoms with Crippen molar-refractivity contribution in [3.05, 3.63) is 42.7 Å². The van der Waals surface area contributed by atoms with Gasteiger partial charge in [-0.1, -0.05) is 30.3 Å². The zero-order valence-electron chi connectivity index (χ0n) is 17.3. The Morgan fingerprint density at radius 1 is 1.10 bits per heavy atom. The summed E-state index contributed by atoms with van der Waals surface area (Å²) in [5, 5.41) is 3.06. The van der Waals surface area contributed by atoms with Gasteiger partial charge < -0.3 is 15.1 Å². The number of aromatic nitrogens is 2. The number of anilines is 1. The predicted molar refractivity (Wildman–Crippen MR) is 116 cm³/mol. The van der Waals surface area contributed by atoms with E-state index in [1.54, 1.807) is 6.33 Å². The molecule has 2 aliphatic rings. The number of hydrogen-bond acceptors (Lipinski definition) is 5. The SMILES string of the molecule is O=C(NCCCN1CCCC1=O)C1CCN(c2cc(-c3ccccc3)ncn2)CC1. The van der Waals surface area contributed by atoms with Crippen LogP contribution in [0.4, 0.5) is 5.82 Å². The van der Waals surface area contributed by atoms with E-state index in [4.69, 9.17) is 0 Å². The number of likely N-dealkylation sites (tertiary alicyclic amines) is 1. The molecule has 0 spiro atoms. The van der Waals surface area contributed by atoms with Crippen molar-refractivity contribution < 1.29 is 9.59 Å². The van der Waals surface area contributed by atoms with Gasteiger partial charge in [-0.05, 0) is 25.7 Å². The normalized spacial score (nSPS) is 17.4. The Bertz CT molecular complexity index is 865. The van der Waals surface area contributed by atoms with Gasteiger partial charge in [0.05, 0.1) is 5.69 Å². The van der Waals surface area contributed by atoms with Gasteiger partial charge in [-0.15, -0.1) is 0 Å². The lowest BCUT2D eigenvalue weighted by atomic mass is 9.96. The molecular weight excluding hydrogens is 378 g/mol. The molecule has 7 heteroatoms. The van der Waals surface area contributed by atoms with Gasteiger partial charge in [-0.3, -0.25) is 9.59 Å². The molecule has 1 aromatic heterocycles. The van der Waals surface area contributed by atoms with Crippen LogP contribution in [0.5, 0.6) is 0 Å². The number of carbonyl (C=O) groups excluding carboxylic acids is 2. The zero-order chi connectivity index (χ0) is 20.8. The van der Waals surface area contributed by atoms with Crippen molar-refractivity contribution in [3.8, 4) is 11.3 Å². The molecule has 0 saturated carbocycles. The Morgan fingerprint density at radius 2 is 1.90 bits per heavy atom. The molecular formula is C23H29N5O2. The van der Waals surface area contributed by atoms with E-state index >= 15 is 0 Å². The summed E-state index contributed by atoms with van der Waals surface area (Å²) >= 11 is 0. The van der Waals surface area contributed by atoms with Crippen molar-refractivity contribution in [2.24, 2.45) is 5.92 Å². The standard InChI is InChI=1S/C23H29N5O2/c29-22-8-4-12-28(22)13-5-11-24-23(30)19-9-14-27(15-10-19)21-16-20(25-17-26-21)18-6-2-1-3-7-18/h1-3,6-7,16-17,19H,4-5,8-15H2,(H,24,30). The molecule has 0 atom stereocenters. The van der Waals surface area contributed by atoms with Crippen LogP contribution in [0.3, 0.4) is 0 Å². The molecule has 1 aromatic carbocycles. The van der Waals surface area contributed by atoms with Gasteiger partial charge in [-0.25, -0.2) is 9.97 Å². The molecule has 3 heterocycles. The van der Waals surface area contributed by atoms with E-state index in [-0.39, 0.29) is 17.7 Å². The Morgan fingerprint density at radius 3 is 2.63 bits per heavy atom. The second-order valence-electron chi connectivity index (χ2n) is 8.02. The van der Waals surface area contributed by atoms with Crippen LogP contribution in [-0.4, -0.2) is 59.4 Å². The summed E-state index contributed by atoms with van der Waals surface area (Å²) in [6.07, 6.45) is 5.70. The van der Waals surface area contributed by atoms with Gasteiger partial charge in [0.15, 0.2) is 0 Å². The third-order valence-electron chi connectivity index (χ3n) is 5.99. The van der Waals surface area contributed by atoms with Crippen LogP contribution in [-0.2, 0) is 9.59 Å². The van der Waals surface area contributed by atoms with E-state index in [0.717, 1.165) is 68.9 Å². The maximum Gasteiger partial charge on any atom is 0.223 e. The number of nitrogens with one attached hydrogen (secondary N) is 1. The number of carbonyl (C=O) groups is 2. The number of amides is 2. The van der Waals surface area contributed by atoms with Crippen LogP contribution in [0, 0.1) is 5.92 Å². The predicted octanol–water partition coefficient (Wildman–Crippen LogP) is 2.49. The topological polar surface area (TPSA) is 78.4 Å². The number of hydrogen-bond donors (Lipinski definition) is 1. The van der Waals surface area contributed by atoms with Crippen molar-refractivity contribution in [3.63, 3.8) is 0 Å². The molecule has 158 valence electrons. The third kappa shape index (κ3) is 4.96. The first kappa shape index (κ1) is 20.3. The molecule has 0 bridgehead atoms. The van der Waals surface area contributed by atoms with E-state index in [9.17, 15) is 9.59 Å². The molecule has 2 fully saturated rings. The summed E-state index contributed by atoms with van der Waals surface area (Å²) in [5.74, 6) is 1.34. The van der Waals surface area contributed by atoms with Gasteiger partial charge in [-0.2, -0.15) is 0 Å². The molecule has 30 heavy (non-hydrogen) atoms. The lowest BCUT2D eigenvalue weighted by Gasteiger charge is -2.32. The average molecular weight is 408 g/mol. The second-order valence-corrected chi connectivity index (χ2v) is 8.02. The molecule has 2 amide bonds. The summed E-state index contributed by atoms with van der Waals surface area (Å²) in [6, 6.07) is 12.1. The van der Waals surface area contributed by atoms with Crippen LogP contribution < -0.4 is 10.2 Å². The van der Waals surface area contributed by atoms with Gasteiger partial charge in [0.25, 0.3) is 0 Å². The number of nitrogens with zero attached hydrogens (tertiary/aromatic N) is 4. The van der Waals surface area contributed by atoms with Gasteiger partial charge >= 0.3 is 0 Å². The minimum absolute atomic E-state index is 0.0464. The summed E-state index contributed by atoms with van der Waals surface area (Å²) in [4.78, 5) is 37.1. The van der Waals surface area contributed by atoms with E-state index < -0.39 is 0 Å². The van der Waals surface area contributed by atoms with Crippen LogP contribution >= 0.6 is 0 Å².